The molecule has 27 heavy (non-hydrogen) atoms. The molecule has 1 aromatic heterocycles. The number of carbonyl (C=O) groups excluding carboxylic acids is 2. The van der Waals surface area contributed by atoms with Crippen LogP contribution in [0.1, 0.15) is 18.9 Å². The van der Waals surface area contributed by atoms with Crippen molar-refractivity contribution in [3.63, 3.8) is 0 Å². The van der Waals surface area contributed by atoms with Gasteiger partial charge >= 0.3 is 0 Å². The zero-order chi connectivity index (χ0) is 19.8. The first-order valence-corrected chi connectivity index (χ1v) is 8.69. The van der Waals surface area contributed by atoms with Crippen LogP contribution in [0.5, 0.6) is 11.5 Å². The van der Waals surface area contributed by atoms with Crippen LogP contribution >= 0.6 is 11.6 Å². The van der Waals surface area contributed by atoms with Crippen LogP contribution in [0, 0.1) is 0 Å². The highest BCUT2D eigenvalue weighted by Crippen LogP contribution is 2.38. The summed E-state index contributed by atoms with van der Waals surface area (Å²) in [6.07, 6.45) is 3.47. The number of methoxy groups -OCH3 is 2. The molecule has 1 N–H and O–H groups in total. The lowest BCUT2D eigenvalue weighted by Gasteiger charge is -2.24. The maximum Gasteiger partial charge on any atom is 0.223 e. The smallest absolute Gasteiger partial charge is 0.223 e. The molecule has 0 spiro atoms. The minimum Gasteiger partial charge on any atom is -0.495 e. The molecule has 0 aliphatic rings. The highest BCUT2D eigenvalue weighted by atomic mass is 35.5. The predicted molar refractivity (Wildman–Crippen MR) is 103 cm³/mol. The maximum atomic E-state index is 12.2. The summed E-state index contributed by atoms with van der Waals surface area (Å²) in [7, 11) is 2.98. The minimum absolute atomic E-state index is 0.138. The van der Waals surface area contributed by atoms with Crippen molar-refractivity contribution in [1.82, 2.24) is 10.3 Å². The number of amides is 2. The first-order chi connectivity index (χ1) is 13.0. The van der Waals surface area contributed by atoms with Crippen LogP contribution in [0.25, 0.3) is 0 Å². The molecule has 2 aromatic rings. The van der Waals surface area contributed by atoms with Gasteiger partial charge in [0, 0.05) is 51.0 Å². The van der Waals surface area contributed by atoms with Gasteiger partial charge in [-0.05, 0) is 17.7 Å². The number of hydrogen-bond acceptors (Lipinski definition) is 5. The Kier molecular flexibility index (Phi) is 7.43. The second kappa shape index (κ2) is 9.78. The highest BCUT2D eigenvalue weighted by Gasteiger charge is 2.20. The standard InChI is InChI=1S/C19H22ClN3O4/c1-13(24)23(16-11-17(26-2)15(20)10-18(16)27-3)9-6-19(25)22-12-14-4-7-21-8-5-14/h4-5,7-8,10-11H,6,9,12H2,1-3H3,(H,22,25). The van der Waals surface area contributed by atoms with Crippen LogP contribution in [-0.2, 0) is 16.1 Å². The minimum atomic E-state index is -0.223. The molecule has 0 saturated carbocycles. The average Bonchev–Trinajstić information content (AvgIpc) is 2.67. The van der Waals surface area contributed by atoms with Crippen molar-refractivity contribution in [2.45, 2.75) is 19.9 Å². The van der Waals surface area contributed by atoms with Gasteiger partial charge in [-0.3, -0.25) is 14.6 Å². The van der Waals surface area contributed by atoms with E-state index in [1.165, 1.54) is 26.0 Å². The van der Waals surface area contributed by atoms with Gasteiger partial charge in [0.15, 0.2) is 0 Å². The van der Waals surface area contributed by atoms with Crippen LogP contribution in [-0.4, -0.2) is 37.6 Å². The number of benzene rings is 1. The molecular formula is C19H22ClN3O4. The molecule has 2 rings (SSSR count). The van der Waals surface area contributed by atoms with Crippen molar-refractivity contribution in [3.8, 4) is 11.5 Å². The lowest BCUT2D eigenvalue weighted by Crippen LogP contribution is -2.34. The number of pyridine rings is 1. The third-order valence-corrected chi connectivity index (χ3v) is 4.22. The van der Waals surface area contributed by atoms with E-state index in [-0.39, 0.29) is 24.8 Å². The van der Waals surface area contributed by atoms with E-state index in [2.05, 4.69) is 10.3 Å². The second-order valence-corrected chi connectivity index (χ2v) is 6.12. The molecule has 0 bridgehead atoms. The molecule has 144 valence electrons. The molecule has 0 aliphatic heterocycles. The first-order valence-electron chi connectivity index (χ1n) is 8.31. The van der Waals surface area contributed by atoms with E-state index in [1.54, 1.807) is 24.5 Å². The van der Waals surface area contributed by atoms with Gasteiger partial charge in [0.25, 0.3) is 0 Å². The van der Waals surface area contributed by atoms with E-state index in [4.69, 9.17) is 21.1 Å². The summed E-state index contributed by atoms with van der Waals surface area (Å²) >= 11 is 6.11. The number of hydrogen-bond donors (Lipinski definition) is 1. The van der Waals surface area contributed by atoms with Crippen LogP contribution in [0.3, 0.4) is 0 Å². The van der Waals surface area contributed by atoms with Gasteiger partial charge < -0.3 is 19.7 Å². The van der Waals surface area contributed by atoms with Crippen molar-refractivity contribution in [3.05, 3.63) is 47.2 Å². The zero-order valence-electron chi connectivity index (χ0n) is 15.5. The molecule has 2 amide bonds. The molecule has 0 saturated heterocycles. The van der Waals surface area contributed by atoms with Crippen molar-refractivity contribution >= 4 is 29.1 Å². The fraction of sp³-hybridized carbons (Fsp3) is 0.316. The summed E-state index contributed by atoms with van der Waals surface area (Å²) in [5.41, 5.74) is 1.44. The van der Waals surface area contributed by atoms with Crippen LogP contribution < -0.4 is 19.7 Å². The Bertz CT molecular complexity index is 799. The number of ether oxygens (including phenoxy) is 2. The van der Waals surface area contributed by atoms with Crippen molar-refractivity contribution < 1.29 is 19.1 Å². The number of anilines is 1. The van der Waals surface area contributed by atoms with Gasteiger partial charge in [0.1, 0.15) is 11.5 Å². The molecule has 0 radical (unpaired) electrons. The summed E-state index contributed by atoms with van der Waals surface area (Å²) in [5.74, 6) is 0.451. The summed E-state index contributed by atoms with van der Waals surface area (Å²) < 4.78 is 10.5. The zero-order valence-corrected chi connectivity index (χ0v) is 16.2. The Morgan fingerprint density at radius 2 is 1.81 bits per heavy atom. The van der Waals surface area contributed by atoms with Crippen LogP contribution in [0.2, 0.25) is 5.02 Å². The maximum absolute atomic E-state index is 12.2. The van der Waals surface area contributed by atoms with E-state index in [1.807, 2.05) is 12.1 Å². The monoisotopic (exact) mass is 391 g/mol. The molecule has 0 unspecified atom stereocenters. The predicted octanol–water partition coefficient (Wildman–Crippen LogP) is 2.81. The number of rotatable bonds is 8. The average molecular weight is 392 g/mol. The Morgan fingerprint density at radius 3 is 2.41 bits per heavy atom. The molecule has 8 heteroatoms. The van der Waals surface area contributed by atoms with Gasteiger partial charge in [0.05, 0.1) is 24.9 Å². The molecular weight excluding hydrogens is 370 g/mol. The van der Waals surface area contributed by atoms with E-state index in [9.17, 15) is 9.59 Å². The van der Waals surface area contributed by atoms with Crippen LogP contribution in [0.4, 0.5) is 5.69 Å². The largest absolute Gasteiger partial charge is 0.495 e. The molecule has 0 atom stereocenters. The quantitative estimate of drug-likeness (QED) is 0.748. The Balaban J connectivity index is 2.07. The summed E-state index contributed by atoms with van der Waals surface area (Å²) in [6.45, 7) is 2.02. The highest BCUT2D eigenvalue weighted by molar-refractivity contribution is 6.32. The number of nitrogens with zero attached hydrogens (tertiary/aromatic N) is 2. The molecule has 1 heterocycles. The number of halogens is 1. The number of aromatic nitrogens is 1. The van der Waals surface area contributed by atoms with Crippen molar-refractivity contribution in [2.75, 3.05) is 25.7 Å². The van der Waals surface area contributed by atoms with E-state index < -0.39 is 0 Å². The Hall–Kier alpha value is -2.80. The van der Waals surface area contributed by atoms with Gasteiger partial charge in [0.2, 0.25) is 11.8 Å². The SMILES string of the molecule is COc1cc(N(CCC(=O)NCc2ccncc2)C(C)=O)c(OC)cc1Cl. The molecule has 0 fully saturated rings. The van der Waals surface area contributed by atoms with E-state index in [0.29, 0.717) is 28.8 Å². The van der Waals surface area contributed by atoms with Gasteiger partial charge in [-0.15, -0.1) is 0 Å². The number of carbonyl (C=O) groups is 2. The summed E-state index contributed by atoms with van der Waals surface area (Å²) in [6, 6.07) is 6.85. The lowest BCUT2D eigenvalue weighted by atomic mass is 10.2. The first kappa shape index (κ1) is 20.5. The topological polar surface area (TPSA) is 80.8 Å². The Labute approximate surface area is 163 Å². The summed E-state index contributed by atoms with van der Waals surface area (Å²) in [5, 5.41) is 3.20. The van der Waals surface area contributed by atoms with E-state index >= 15 is 0 Å². The fourth-order valence-electron chi connectivity index (χ4n) is 2.51. The summed E-state index contributed by atoms with van der Waals surface area (Å²) in [4.78, 5) is 29.7. The van der Waals surface area contributed by atoms with Crippen LogP contribution in [0.15, 0.2) is 36.7 Å². The molecule has 1 aromatic carbocycles. The fourth-order valence-corrected chi connectivity index (χ4v) is 2.74. The lowest BCUT2D eigenvalue weighted by molar-refractivity contribution is -0.121. The number of nitrogens with one attached hydrogen (secondary N) is 1. The Morgan fingerprint density at radius 1 is 1.15 bits per heavy atom. The van der Waals surface area contributed by atoms with Gasteiger partial charge in [-0.1, -0.05) is 11.6 Å². The van der Waals surface area contributed by atoms with Gasteiger partial charge in [-0.25, -0.2) is 0 Å². The third kappa shape index (κ3) is 5.59. The molecule has 7 nitrogen and oxygen atoms in total. The van der Waals surface area contributed by atoms with Crippen molar-refractivity contribution in [1.29, 1.82) is 0 Å². The van der Waals surface area contributed by atoms with Gasteiger partial charge in [-0.2, -0.15) is 0 Å². The molecule has 0 aliphatic carbocycles. The second-order valence-electron chi connectivity index (χ2n) is 5.71. The van der Waals surface area contributed by atoms with E-state index in [0.717, 1.165) is 5.56 Å². The third-order valence-electron chi connectivity index (χ3n) is 3.93. The normalized spacial score (nSPS) is 10.2. The van der Waals surface area contributed by atoms with Crippen molar-refractivity contribution in [2.24, 2.45) is 0 Å².